The molecule has 2 fully saturated rings. The molecule has 2 unspecified atom stereocenters. The first-order valence-electron chi connectivity index (χ1n) is 6.86. The van der Waals surface area contributed by atoms with Gasteiger partial charge in [-0.25, -0.2) is 0 Å². The second-order valence-corrected chi connectivity index (χ2v) is 5.37. The lowest BCUT2D eigenvalue weighted by molar-refractivity contribution is 0.0608. The van der Waals surface area contributed by atoms with Gasteiger partial charge in [0.05, 0.1) is 6.10 Å². The van der Waals surface area contributed by atoms with E-state index in [9.17, 15) is 0 Å². The lowest BCUT2D eigenvalue weighted by Crippen LogP contribution is -2.55. The highest BCUT2D eigenvalue weighted by Gasteiger charge is 2.34. The highest BCUT2D eigenvalue weighted by atomic mass is 16.5. The Bertz CT molecular complexity index is 208. The molecule has 0 amide bonds. The molecule has 0 aromatic heterocycles. The Morgan fingerprint density at radius 1 is 1.38 bits per heavy atom. The van der Waals surface area contributed by atoms with E-state index in [-0.39, 0.29) is 0 Å². The van der Waals surface area contributed by atoms with Crippen molar-refractivity contribution in [3.63, 3.8) is 0 Å². The van der Waals surface area contributed by atoms with Gasteiger partial charge in [-0.2, -0.15) is 0 Å². The minimum Gasteiger partial charge on any atom is -0.379 e. The number of hydrogen-bond donors (Lipinski definition) is 1. The Morgan fingerprint density at radius 3 is 3.06 bits per heavy atom. The maximum atomic E-state index is 5.60. The van der Waals surface area contributed by atoms with Crippen molar-refractivity contribution in [2.75, 3.05) is 26.2 Å². The van der Waals surface area contributed by atoms with Gasteiger partial charge in [-0.1, -0.05) is 6.42 Å². The van der Waals surface area contributed by atoms with Crippen molar-refractivity contribution in [2.24, 2.45) is 0 Å². The molecule has 1 N–H and O–H groups in total. The van der Waals surface area contributed by atoms with Gasteiger partial charge in [-0.15, -0.1) is 0 Å². The summed E-state index contributed by atoms with van der Waals surface area (Å²) < 4.78 is 5.60. The van der Waals surface area contributed by atoms with E-state index < -0.39 is 0 Å². The summed E-state index contributed by atoms with van der Waals surface area (Å²) in [5.41, 5.74) is 0. The van der Waals surface area contributed by atoms with Crippen molar-refractivity contribution in [1.82, 2.24) is 10.2 Å². The molecular formula is C13H26N2O. The number of fused-ring (bicyclic) bond motifs is 1. The summed E-state index contributed by atoms with van der Waals surface area (Å²) in [6.45, 7) is 8.75. The Morgan fingerprint density at radius 2 is 2.25 bits per heavy atom. The van der Waals surface area contributed by atoms with Crippen molar-refractivity contribution in [2.45, 2.75) is 57.7 Å². The molecule has 0 spiro atoms. The highest BCUT2D eigenvalue weighted by molar-refractivity contribution is 4.93. The van der Waals surface area contributed by atoms with E-state index in [0.717, 1.165) is 18.7 Å². The van der Waals surface area contributed by atoms with Crippen molar-refractivity contribution in [1.29, 1.82) is 0 Å². The van der Waals surface area contributed by atoms with Gasteiger partial charge in [-0.3, -0.25) is 4.90 Å². The second kappa shape index (κ2) is 5.99. The van der Waals surface area contributed by atoms with E-state index in [4.69, 9.17) is 4.74 Å². The van der Waals surface area contributed by atoms with Crippen LogP contribution in [0.3, 0.4) is 0 Å². The number of nitrogens with zero attached hydrogens (tertiary/aromatic N) is 1. The predicted molar refractivity (Wildman–Crippen MR) is 66.7 cm³/mol. The standard InChI is InChI=1S/C13H26N2O/c1-11(2)16-10-4-8-15-9-7-14-12-5-3-6-13(12)15/h11-14H,3-10H2,1-2H3. The minimum absolute atomic E-state index is 0.377. The third-order valence-corrected chi connectivity index (χ3v) is 3.79. The van der Waals surface area contributed by atoms with Crippen LogP contribution in [0, 0.1) is 0 Å². The fourth-order valence-corrected chi connectivity index (χ4v) is 3.04. The van der Waals surface area contributed by atoms with Crippen LogP contribution in [0.5, 0.6) is 0 Å². The first-order valence-corrected chi connectivity index (χ1v) is 6.86. The average molecular weight is 226 g/mol. The molecule has 2 rings (SSSR count). The zero-order valence-corrected chi connectivity index (χ0v) is 10.7. The summed E-state index contributed by atoms with van der Waals surface area (Å²) >= 11 is 0. The molecule has 0 aromatic rings. The van der Waals surface area contributed by atoms with Gasteiger partial charge < -0.3 is 10.1 Å². The van der Waals surface area contributed by atoms with Gasteiger partial charge in [-0.05, 0) is 33.1 Å². The van der Waals surface area contributed by atoms with E-state index in [1.54, 1.807) is 0 Å². The quantitative estimate of drug-likeness (QED) is 0.721. The van der Waals surface area contributed by atoms with Crippen LogP contribution in [0.2, 0.25) is 0 Å². The molecule has 0 bridgehead atoms. The SMILES string of the molecule is CC(C)OCCCN1CCNC2CCCC21. The number of nitrogens with one attached hydrogen (secondary N) is 1. The summed E-state index contributed by atoms with van der Waals surface area (Å²) in [6.07, 6.45) is 5.73. The molecule has 0 radical (unpaired) electrons. The van der Waals surface area contributed by atoms with E-state index in [1.165, 1.54) is 45.3 Å². The first kappa shape index (κ1) is 12.3. The Balaban J connectivity index is 1.68. The third kappa shape index (κ3) is 3.19. The number of rotatable bonds is 5. The van der Waals surface area contributed by atoms with Crippen LogP contribution in [0.25, 0.3) is 0 Å². The molecule has 1 heterocycles. The smallest absolute Gasteiger partial charge is 0.0518 e. The molecule has 94 valence electrons. The summed E-state index contributed by atoms with van der Waals surface area (Å²) in [4.78, 5) is 2.68. The monoisotopic (exact) mass is 226 g/mol. The van der Waals surface area contributed by atoms with Crippen LogP contribution in [0.1, 0.15) is 39.5 Å². The second-order valence-electron chi connectivity index (χ2n) is 5.37. The molecule has 3 nitrogen and oxygen atoms in total. The van der Waals surface area contributed by atoms with Gasteiger partial charge in [0.15, 0.2) is 0 Å². The Hall–Kier alpha value is -0.120. The topological polar surface area (TPSA) is 24.5 Å². The molecule has 1 saturated heterocycles. The van der Waals surface area contributed by atoms with Crippen molar-refractivity contribution in [3.8, 4) is 0 Å². The van der Waals surface area contributed by atoms with E-state index in [2.05, 4.69) is 24.1 Å². The number of ether oxygens (including phenoxy) is 1. The first-order chi connectivity index (χ1) is 7.77. The zero-order chi connectivity index (χ0) is 11.4. The van der Waals surface area contributed by atoms with Crippen LogP contribution >= 0.6 is 0 Å². The van der Waals surface area contributed by atoms with Gasteiger partial charge in [0.1, 0.15) is 0 Å². The molecular weight excluding hydrogens is 200 g/mol. The van der Waals surface area contributed by atoms with Crippen LogP contribution in [-0.2, 0) is 4.74 Å². The van der Waals surface area contributed by atoms with E-state index in [0.29, 0.717) is 6.10 Å². The normalized spacial score (nSPS) is 30.9. The maximum Gasteiger partial charge on any atom is 0.0518 e. The van der Waals surface area contributed by atoms with E-state index >= 15 is 0 Å². The Labute approximate surface area is 99.5 Å². The van der Waals surface area contributed by atoms with E-state index in [1.807, 2.05) is 0 Å². The molecule has 3 heteroatoms. The summed E-state index contributed by atoms with van der Waals surface area (Å²) in [7, 11) is 0. The molecule has 2 atom stereocenters. The molecule has 1 aliphatic heterocycles. The summed E-state index contributed by atoms with van der Waals surface area (Å²) in [6, 6.07) is 1.59. The Kier molecular flexibility index (Phi) is 4.62. The molecule has 2 aliphatic rings. The molecule has 16 heavy (non-hydrogen) atoms. The summed E-state index contributed by atoms with van der Waals surface area (Å²) in [5, 5.41) is 3.65. The fraction of sp³-hybridized carbons (Fsp3) is 1.00. The van der Waals surface area contributed by atoms with Gasteiger partial charge in [0.2, 0.25) is 0 Å². The van der Waals surface area contributed by atoms with Crippen LogP contribution < -0.4 is 5.32 Å². The van der Waals surface area contributed by atoms with Crippen molar-refractivity contribution >= 4 is 0 Å². The van der Waals surface area contributed by atoms with Crippen molar-refractivity contribution in [3.05, 3.63) is 0 Å². The van der Waals surface area contributed by atoms with Gasteiger partial charge in [0, 0.05) is 38.3 Å². The average Bonchev–Trinajstić information content (AvgIpc) is 2.72. The lowest BCUT2D eigenvalue weighted by atomic mass is 10.1. The largest absolute Gasteiger partial charge is 0.379 e. The maximum absolute atomic E-state index is 5.60. The predicted octanol–water partition coefficient (Wildman–Crippen LogP) is 1.63. The van der Waals surface area contributed by atoms with Gasteiger partial charge in [0.25, 0.3) is 0 Å². The van der Waals surface area contributed by atoms with Gasteiger partial charge >= 0.3 is 0 Å². The summed E-state index contributed by atoms with van der Waals surface area (Å²) in [5.74, 6) is 0. The minimum atomic E-state index is 0.377. The number of piperazine rings is 1. The van der Waals surface area contributed by atoms with Crippen LogP contribution in [0.4, 0.5) is 0 Å². The molecule has 0 aromatic carbocycles. The number of hydrogen-bond acceptors (Lipinski definition) is 3. The molecule has 1 saturated carbocycles. The fourth-order valence-electron chi connectivity index (χ4n) is 3.04. The van der Waals surface area contributed by atoms with Crippen molar-refractivity contribution < 1.29 is 4.74 Å². The molecule has 1 aliphatic carbocycles. The zero-order valence-electron chi connectivity index (χ0n) is 10.7. The third-order valence-electron chi connectivity index (χ3n) is 3.79. The lowest BCUT2D eigenvalue weighted by Gasteiger charge is -2.38. The van der Waals surface area contributed by atoms with Crippen LogP contribution in [-0.4, -0.2) is 49.3 Å². The van der Waals surface area contributed by atoms with Crippen LogP contribution in [0.15, 0.2) is 0 Å². The highest BCUT2D eigenvalue weighted by Crippen LogP contribution is 2.26.